The van der Waals surface area contributed by atoms with Crippen molar-refractivity contribution in [2.45, 2.75) is 33.2 Å². The molecule has 25 heavy (non-hydrogen) atoms. The molecule has 0 fully saturated rings. The van der Waals surface area contributed by atoms with Crippen molar-refractivity contribution in [1.82, 2.24) is 25.1 Å². The summed E-state index contributed by atoms with van der Waals surface area (Å²) in [5.41, 5.74) is 6.47. The first-order chi connectivity index (χ1) is 11.9. The van der Waals surface area contributed by atoms with Crippen LogP contribution < -0.4 is 11.1 Å². The average Bonchev–Trinajstić information content (AvgIpc) is 3.07. The minimum absolute atomic E-state index is 0.00774. The Balaban J connectivity index is 2.13. The summed E-state index contributed by atoms with van der Waals surface area (Å²) in [6, 6.07) is 9.14. The van der Waals surface area contributed by atoms with Crippen molar-refractivity contribution < 1.29 is 4.79 Å². The van der Waals surface area contributed by atoms with E-state index in [1.54, 1.807) is 16.6 Å². The van der Waals surface area contributed by atoms with Crippen molar-refractivity contribution in [3.8, 4) is 5.69 Å². The molecule has 1 unspecified atom stereocenters. The number of likely N-dealkylation sites (N-methyl/N-ethyl adjacent to an activating group) is 1. The maximum absolute atomic E-state index is 12.8. The summed E-state index contributed by atoms with van der Waals surface area (Å²) in [6.45, 7) is 7.14. The van der Waals surface area contributed by atoms with Gasteiger partial charge in [-0.05, 0) is 40.9 Å². The van der Waals surface area contributed by atoms with E-state index >= 15 is 0 Å². The first-order valence-electron chi connectivity index (χ1n) is 8.43. The molecule has 0 aliphatic carbocycles. The van der Waals surface area contributed by atoms with Gasteiger partial charge in [-0.25, -0.2) is 0 Å². The highest BCUT2D eigenvalue weighted by molar-refractivity contribution is 5.84. The van der Waals surface area contributed by atoms with E-state index in [2.05, 4.69) is 20.8 Å². The summed E-state index contributed by atoms with van der Waals surface area (Å²) < 4.78 is 1.58. The van der Waals surface area contributed by atoms with Crippen molar-refractivity contribution in [2.24, 2.45) is 11.1 Å². The van der Waals surface area contributed by atoms with E-state index in [-0.39, 0.29) is 11.3 Å². The number of carbonyl (C=O) groups is 1. The SMILES string of the molecule is CCC(Nc1nnnn1-c1ccccc1)C(=O)N(C)CC(C)(C)CN. The smallest absolute Gasteiger partial charge is 0.248 e. The second kappa shape index (κ2) is 8.06. The van der Waals surface area contributed by atoms with Gasteiger partial charge in [0.05, 0.1) is 5.69 Å². The molecule has 2 rings (SSSR count). The molecular formula is C17H27N7O. The number of rotatable bonds is 8. The summed E-state index contributed by atoms with van der Waals surface area (Å²) in [6.07, 6.45) is 0.619. The summed E-state index contributed by atoms with van der Waals surface area (Å²) in [4.78, 5) is 14.5. The molecule has 0 aliphatic heterocycles. The molecule has 0 bridgehead atoms. The maximum atomic E-state index is 12.8. The molecule has 8 nitrogen and oxygen atoms in total. The van der Waals surface area contributed by atoms with Gasteiger partial charge in [0.2, 0.25) is 11.9 Å². The van der Waals surface area contributed by atoms with E-state index in [4.69, 9.17) is 5.73 Å². The summed E-state index contributed by atoms with van der Waals surface area (Å²) >= 11 is 0. The largest absolute Gasteiger partial charge is 0.343 e. The molecule has 0 saturated heterocycles. The van der Waals surface area contributed by atoms with E-state index in [0.29, 0.717) is 25.5 Å². The number of hydrogen-bond acceptors (Lipinski definition) is 6. The van der Waals surface area contributed by atoms with Crippen LogP contribution in [0.5, 0.6) is 0 Å². The summed E-state index contributed by atoms with van der Waals surface area (Å²) in [5.74, 6) is 0.435. The van der Waals surface area contributed by atoms with Crippen LogP contribution in [0.2, 0.25) is 0 Å². The molecule has 0 radical (unpaired) electrons. The minimum Gasteiger partial charge on any atom is -0.343 e. The van der Waals surface area contributed by atoms with Crippen molar-refractivity contribution in [1.29, 1.82) is 0 Å². The van der Waals surface area contributed by atoms with E-state index < -0.39 is 6.04 Å². The van der Waals surface area contributed by atoms with E-state index in [1.165, 1.54) is 0 Å². The number of nitrogens with zero attached hydrogens (tertiary/aromatic N) is 5. The standard InChI is InChI=1S/C17H27N7O/c1-5-14(15(25)23(4)12-17(2,3)11-18)19-16-20-21-22-24(16)13-9-7-6-8-10-13/h6-10,14H,5,11-12,18H2,1-4H3,(H,19,20,22). The fraction of sp³-hybridized carbons (Fsp3) is 0.529. The van der Waals surface area contributed by atoms with Gasteiger partial charge in [0.15, 0.2) is 0 Å². The highest BCUT2D eigenvalue weighted by atomic mass is 16.2. The van der Waals surface area contributed by atoms with Gasteiger partial charge < -0.3 is 16.0 Å². The Bertz CT molecular complexity index is 683. The van der Waals surface area contributed by atoms with Gasteiger partial charge in [-0.1, -0.05) is 44.1 Å². The molecule has 2 aromatic rings. The number of tetrazole rings is 1. The lowest BCUT2D eigenvalue weighted by Gasteiger charge is -2.31. The van der Waals surface area contributed by atoms with Crippen molar-refractivity contribution in [2.75, 3.05) is 25.5 Å². The lowest BCUT2D eigenvalue weighted by molar-refractivity contribution is -0.132. The molecule has 1 amide bonds. The van der Waals surface area contributed by atoms with Crippen LogP contribution in [-0.4, -0.2) is 57.2 Å². The van der Waals surface area contributed by atoms with Gasteiger partial charge in [-0.2, -0.15) is 4.68 Å². The second-order valence-corrected chi connectivity index (χ2v) is 6.92. The molecule has 136 valence electrons. The van der Waals surface area contributed by atoms with E-state index in [9.17, 15) is 4.79 Å². The third-order valence-electron chi connectivity index (χ3n) is 4.07. The normalized spacial score (nSPS) is 12.7. The Morgan fingerprint density at radius 1 is 1.36 bits per heavy atom. The Morgan fingerprint density at radius 3 is 2.64 bits per heavy atom. The molecule has 1 heterocycles. The Hall–Kier alpha value is -2.48. The minimum atomic E-state index is -0.410. The lowest BCUT2D eigenvalue weighted by atomic mass is 9.93. The number of anilines is 1. The zero-order valence-electron chi connectivity index (χ0n) is 15.3. The molecule has 1 atom stereocenters. The van der Waals surface area contributed by atoms with Crippen LogP contribution in [0.1, 0.15) is 27.2 Å². The number of carbonyl (C=O) groups excluding carboxylic acids is 1. The quantitative estimate of drug-likeness (QED) is 0.747. The average molecular weight is 345 g/mol. The lowest BCUT2D eigenvalue weighted by Crippen LogP contribution is -2.46. The van der Waals surface area contributed by atoms with Crippen LogP contribution in [-0.2, 0) is 4.79 Å². The first kappa shape index (κ1) is 18.9. The third kappa shape index (κ3) is 4.76. The molecular weight excluding hydrogens is 318 g/mol. The van der Waals surface area contributed by atoms with E-state index in [1.807, 2.05) is 51.1 Å². The number of para-hydroxylation sites is 1. The fourth-order valence-corrected chi connectivity index (χ4v) is 2.57. The van der Waals surface area contributed by atoms with Gasteiger partial charge in [0, 0.05) is 13.6 Å². The van der Waals surface area contributed by atoms with Gasteiger partial charge in [0.1, 0.15) is 6.04 Å². The van der Waals surface area contributed by atoms with Crippen LogP contribution in [0.25, 0.3) is 5.69 Å². The monoisotopic (exact) mass is 345 g/mol. The number of hydrogen-bond donors (Lipinski definition) is 2. The number of benzene rings is 1. The number of nitrogens with two attached hydrogens (primary N) is 1. The Labute approximate surface area is 148 Å². The third-order valence-corrected chi connectivity index (χ3v) is 4.07. The number of aromatic nitrogens is 4. The molecule has 3 N–H and O–H groups in total. The van der Waals surface area contributed by atoms with Crippen molar-refractivity contribution in [3.05, 3.63) is 30.3 Å². The molecule has 1 aromatic carbocycles. The molecule has 0 saturated carbocycles. The zero-order valence-corrected chi connectivity index (χ0v) is 15.3. The van der Waals surface area contributed by atoms with E-state index in [0.717, 1.165) is 5.69 Å². The molecule has 8 heteroatoms. The second-order valence-electron chi connectivity index (χ2n) is 6.92. The maximum Gasteiger partial charge on any atom is 0.248 e. The summed E-state index contributed by atoms with van der Waals surface area (Å²) in [7, 11) is 1.80. The molecule has 0 spiro atoms. The zero-order chi connectivity index (χ0) is 18.4. The van der Waals surface area contributed by atoms with Crippen LogP contribution in [0.15, 0.2) is 30.3 Å². The van der Waals surface area contributed by atoms with Gasteiger partial charge >= 0.3 is 0 Å². The number of amides is 1. The highest BCUT2D eigenvalue weighted by Gasteiger charge is 2.27. The Morgan fingerprint density at radius 2 is 2.04 bits per heavy atom. The van der Waals surface area contributed by atoms with Crippen LogP contribution in [0.4, 0.5) is 5.95 Å². The van der Waals surface area contributed by atoms with Crippen LogP contribution in [0.3, 0.4) is 0 Å². The van der Waals surface area contributed by atoms with Crippen molar-refractivity contribution >= 4 is 11.9 Å². The van der Waals surface area contributed by atoms with Gasteiger partial charge in [0.25, 0.3) is 0 Å². The predicted octanol–water partition coefficient (Wildman–Crippen LogP) is 1.30. The topological polar surface area (TPSA) is 102 Å². The predicted molar refractivity (Wildman–Crippen MR) is 97.3 cm³/mol. The van der Waals surface area contributed by atoms with Crippen LogP contribution >= 0.6 is 0 Å². The van der Waals surface area contributed by atoms with Gasteiger partial charge in [-0.15, -0.1) is 0 Å². The molecule has 0 aliphatic rings. The first-order valence-corrected chi connectivity index (χ1v) is 8.43. The van der Waals surface area contributed by atoms with Crippen molar-refractivity contribution in [3.63, 3.8) is 0 Å². The summed E-state index contributed by atoms with van der Waals surface area (Å²) in [5, 5.41) is 14.9. The van der Waals surface area contributed by atoms with Crippen LogP contribution in [0, 0.1) is 5.41 Å². The number of nitrogens with one attached hydrogen (secondary N) is 1. The Kier molecular flexibility index (Phi) is 6.08. The highest BCUT2D eigenvalue weighted by Crippen LogP contribution is 2.17. The molecule has 1 aromatic heterocycles. The fourth-order valence-electron chi connectivity index (χ4n) is 2.57. The van der Waals surface area contributed by atoms with Gasteiger partial charge in [-0.3, -0.25) is 4.79 Å².